The number of anilines is 1. The quantitative estimate of drug-likeness (QED) is 0.739. The van der Waals surface area contributed by atoms with Crippen LogP contribution >= 0.6 is 0 Å². The van der Waals surface area contributed by atoms with Gasteiger partial charge in [0.05, 0.1) is 11.7 Å². The minimum absolute atomic E-state index is 0.0838. The van der Waals surface area contributed by atoms with Crippen LogP contribution in [0.25, 0.3) is 0 Å². The number of nitrogens with one attached hydrogen (secondary N) is 1. The Kier molecular flexibility index (Phi) is 5.08. The molecule has 2 aliphatic carbocycles. The highest BCUT2D eigenvalue weighted by Crippen LogP contribution is 2.49. The third-order valence-electron chi connectivity index (χ3n) is 6.40. The van der Waals surface area contributed by atoms with E-state index in [1.165, 1.54) is 12.8 Å². The first-order valence-electron chi connectivity index (χ1n) is 10.1. The van der Waals surface area contributed by atoms with Crippen molar-refractivity contribution in [1.29, 1.82) is 0 Å². The molecule has 1 fully saturated rings. The molecule has 0 bridgehead atoms. The number of hydrogen-bond donors (Lipinski definition) is 2. The lowest BCUT2D eigenvalue weighted by atomic mass is 9.62. The van der Waals surface area contributed by atoms with Gasteiger partial charge in [0, 0.05) is 18.2 Å². The molecule has 2 aliphatic rings. The fraction of sp³-hybridized carbons (Fsp3) is 0.682. The zero-order valence-corrected chi connectivity index (χ0v) is 17.1. The first-order chi connectivity index (χ1) is 12.2. The van der Waals surface area contributed by atoms with Gasteiger partial charge < -0.3 is 10.4 Å². The Morgan fingerprint density at radius 3 is 2.50 bits per heavy atom. The number of fused-ring (bicyclic) bond motifs is 1. The first kappa shape index (κ1) is 19.2. The van der Waals surface area contributed by atoms with Crippen LogP contribution in [-0.2, 0) is 5.41 Å². The lowest BCUT2D eigenvalue weighted by Crippen LogP contribution is -2.55. The van der Waals surface area contributed by atoms with Crippen molar-refractivity contribution < 1.29 is 9.90 Å². The average Bonchev–Trinajstić information content (AvgIpc) is 3.37. The Balaban J connectivity index is 2.09. The number of benzene rings is 1. The topological polar surface area (TPSA) is 52.6 Å². The van der Waals surface area contributed by atoms with E-state index in [-0.39, 0.29) is 34.9 Å². The molecule has 1 aromatic carbocycles. The Hall–Kier alpha value is -1.55. The molecule has 3 rings (SSSR count). The monoisotopic (exact) mass is 358 g/mol. The van der Waals surface area contributed by atoms with Gasteiger partial charge in [0.15, 0.2) is 5.78 Å². The maximum absolute atomic E-state index is 13.5. The van der Waals surface area contributed by atoms with E-state index in [2.05, 4.69) is 51.8 Å². The fourth-order valence-corrected chi connectivity index (χ4v) is 4.46. The van der Waals surface area contributed by atoms with Crippen LogP contribution < -0.4 is 5.32 Å². The summed E-state index contributed by atoms with van der Waals surface area (Å²) in [6, 6.07) is 3.60. The minimum atomic E-state index is -0.207. The van der Waals surface area contributed by atoms with E-state index in [1.807, 2.05) is 6.07 Å². The molecule has 144 valence electrons. The van der Waals surface area contributed by atoms with Crippen LogP contribution in [0, 0.1) is 11.8 Å². The van der Waals surface area contributed by atoms with E-state index in [0.29, 0.717) is 0 Å². The smallest absolute Gasteiger partial charge is 0.180 e. The summed E-state index contributed by atoms with van der Waals surface area (Å²) in [5.41, 5.74) is 2.27. The van der Waals surface area contributed by atoms with Crippen LogP contribution in [0.5, 0.6) is 5.75 Å². The van der Waals surface area contributed by atoms with Gasteiger partial charge in [-0.2, -0.15) is 0 Å². The summed E-state index contributed by atoms with van der Waals surface area (Å²) in [6.45, 7) is 14.8. The molecular weight excluding hydrogens is 324 g/mol. The number of likely N-dealkylation sites (N-methyl/N-ethyl adjacent to an activating group) is 1. The van der Waals surface area contributed by atoms with Crippen LogP contribution in [0.1, 0.15) is 70.3 Å². The zero-order valence-electron chi connectivity index (χ0n) is 17.1. The molecule has 0 saturated heterocycles. The lowest BCUT2D eigenvalue weighted by molar-refractivity contribution is 0.0595. The summed E-state index contributed by atoms with van der Waals surface area (Å²) in [7, 11) is 0. The highest BCUT2D eigenvalue weighted by Gasteiger charge is 2.48. The minimum Gasteiger partial charge on any atom is -0.506 e. The van der Waals surface area contributed by atoms with Crippen molar-refractivity contribution in [2.45, 2.75) is 71.9 Å². The van der Waals surface area contributed by atoms with Gasteiger partial charge in [-0.1, -0.05) is 27.7 Å². The molecular formula is C22H34N2O2. The van der Waals surface area contributed by atoms with Crippen molar-refractivity contribution in [2.24, 2.45) is 11.8 Å². The predicted octanol–water partition coefficient (Wildman–Crippen LogP) is 4.42. The Morgan fingerprint density at radius 2 is 1.96 bits per heavy atom. The van der Waals surface area contributed by atoms with E-state index in [9.17, 15) is 9.90 Å². The number of carbonyl (C=O) groups is 1. The number of ketones is 1. The SMILES string of the molecule is CCN(CC1CC1)[C@@H]1C(=O)c2ccc(O)c(NC(C)C)c2C(C)(C)[C@H]1C. The molecule has 26 heavy (non-hydrogen) atoms. The molecule has 1 saturated carbocycles. The van der Waals surface area contributed by atoms with E-state index >= 15 is 0 Å². The van der Waals surface area contributed by atoms with Gasteiger partial charge in [0.1, 0.15) is 5.75 Å². The van der Waals surface area contributed by atoms with E-state index < -0.39 is 0 Å². The van der Waals surface area contributed by atoms with Crippen molar-refractivity contribution in [3.8, 4) is 5.75 Å². The summed E-state index contributed by atoms with van der Waals surface area (Å²) >= 11 is 0. The summed E-state index contributed by atoms with van der Waals surface area (Å²) < 4.78 is 0. The number of rotatable bonds is 6. The van der Waals surface area contributed by atoms with Gasteiger partial charge in [-0.3, -0.25) is 9.69 Å². The average molecular weight is 359 g/mol. The number of phenols is 1. The van der Waals surface area contributed by atoms with Gasteiger partial charge >= 0.3 is 0 Å². The number of hydrogen-bond acceptors (Lipinski definition) is 4. The summed E-state index contributed by atoms with van der Waals surface area (Å²) in [5, 5.41) is 13.9. The highest BCUT2D eigenvalue weighted by atomic mass is 16.3. The zero-order chi connectivity index (χ0) is 19.2. The first-order valence-corrected chi connectivity index (χ1v) is 10.1. The second-order valence-corrected chi connectivity index (χ2v) is 9.03. The molecule has 0 spiro atoms. The summed E-state index contributed by atoms with van der Waals surface area (Å²) in [4.78, 5) is 15.9. The van der Waals surface area contributed by atoms with E-state index in [0.717, 1.165) is 35.8 Å². The van der Waals surface area contributed by atoms with Crippen LogP contribution in [-0.4, -0.2) is 41.0 Å². The van der Waals surface area contributed by atoms with E-state index in [4.69, 9.17) is 0 Å². The summed E-state index contributed by atoms with van der Waals surface area (Å²) in [5.74, 6) is 1.38. The molecule has 0 unspecified atom stereocenters. The van der Waals surface area contributed by atoms with Gasteiger partial charge in [-0.05, 0) is 68.2 Å². The molecule has 0 aliphatic heterocycles. The number of Topliss-reactive ketones (excluding diaryl/α,β-unsaturated/α-hetero) is 1. The van der Waals surface area contributed by atoms with Gasteiger partial charge in [-0.25, -0.2) is 0 Å². The molecule has 0 heterocycles. The predicted molar refractivity (Wildman–Crippen MR) is 107 cm³/mol. The van der Waals surface area contributed by atoms with Crippen molar-refractivity contribution in [3.05, 3.63) is 23.3 Å². The number of carbonyl (C=O) groups excluding carboxylic acids is 1. The maximum Gasteiger partial charge on any atom is 0.180 e. The number of nitrogens with zero attached hydrogens (tertiary/aromatic N) is 1. The van der Waals surface area contributed by atoms with Crippen LogP contribution in [0.3, 0.4) is 0 Å². The molecule has 0 amide bonds. The fourth-order valence-electron chi connectivity index (χ4n) is 4.46. The van der Waals surface area contributed by atoms with Crippen molar-refractivity contribution in [1.82, 2.24) is 4.90 Å². The van der Waals surface area contributed by atoms with Gasteiger partial charge in [0.2, 0.25) is 0 Å². The number of aromatic hydroxyl groups is 1. The van der Waals surface area contributed by atoms with Crippen LogP contribution in [0.4, 0.5) is 5.69 Å². The highest BCUT2D eigenvalue weighted by molar-refractivity contribution is 6.05. The molecule has 2 atom stereocenters. The lowest BCUT2D eigenvalue weighted by Gasteiger charge is -2.47. The maximum atomic E-state index is 13.5. The normalized spacial score (nSPS) is 24.8. The molecule has 4 nitrogen and oxygen atoms in total. The standard InChI is InChI=1S/C22H34N2O2/c1-7-24(12-15-8-9-15)20-14(4)22(5,6)18-16(21(20)26)10-11-17(25)19(18)23-13(2)3/h10-11,13-15,20,23,25H,7-9,12H2,1-6H3/t14-,20-/m0/s1. The second-order valence-electron chi connectivity index (χ2n) is 9.03. The molecule has 0 aromatic heterocycles. The molecule has 4 heteroatoms. The Morgan fingerprint density at radius 1 is 1.31 bits per heavy atom. The van der Waals surface area contributed by atoms with Crippen molar-refractivity contribution >= 4 is 11.5 Å². The van der Waals surface area contributed by atoms with Crippen LogP contribution in [0.2, 0.25) is 0 Å². The molecule has 1 aromatic rings. The van der Waals surface area contributed by atoms with Gasteiger partial charge in [-0.15, -0.1) is 0 Å². The van der Waals surface area contributed by atoms with Crippen molar-refractivity contribution in [3.63, 3.8) is 0 Å². The third-order valence-corrected chi connectivity index (χ3v) is 6.40. The third kappa shape index (κ3) is 3.24. The number of phenolic OH excluding ortho intramolecular Hbond substituents is 1. The molecule has 0 radical (unpaired) electrons. The largest absolute Gasteiger partial charge is 0.506 e. The Labute approximate surface area is 158 Å². The molecule has 2 N–H and O–H groups in total. The van der Waals surface area contributed by atoms with Crippen molar-refractivity contribution in [2.75, 3.05) is 18.4 Å². The second kappa shape index (κ2) is 6.88. The van der Waals surface area contributed by atoms with Gasteiger partial charge in [0.25, 0.3) is 0 Å². The Bertz CT molecular complexity index is 692. The van der Waals surface area contributed by atoms with E-state index in [1.54, 1.807) is 6.07 Å². The summed E-state index contributed by atoms with van der Waals surface area (Å²) in [6.07, 6.45) is 2.59. The van der Waals surface area contributed by atoms with Crippen LogP contribution in [0.15, 0.2) is 12.1 Å².